The quantitative estimate of drug-likeness (QED) is 0.814. The van der Waals surface area contributed by atoms with Gasteiger partial charge < -0.3 is 14.8 Å². The number of amides is 1. The van der Waals surface area contributed by atoms with Crippen molar-refractivity contribution in [1.82, 2.24) is 5.32 Å². The fourth-order valence-corrected chi connectivity index (χ4v) is 1.97. The van der Waals surface area contributed by atoms with Gasteiger partial charge >= 0.3 is 0 Å². The average Bonchev–Trinajstić information content (AvgIpc) is 3.00. The second kappa shape index (κ2) is 7.50. The van der Waals surface area contributed by atoms with E-state index in [9.17, 15) is 9.90 Å². The molecule has 0 radical (unpaired) electrons. The van der Waals surface area contributed by atoms with Gasteiger partial charge in [0, 0.05) is 18.5 Å². The van der Waals surface area contributed by atoms with Crippen molar-refractivity contribution in [2.75, 3.05) is 6.54 Å². The highest BCUT2D eigenvalue weighted by Gasteiger charge is 2.09. The zero-order valence-electron chi connectivity index (χ0n) is 11.3. The normalized spacial score (nSPS) is 12.1. The van der Waals surface area contributed by atoms with Crippen molar-refractivity contribution in [3.8, 4) is 0 Å². The molecule has 0 aliphatic heterocycles. The van der Waals surface area contributed by atoms with Gasteiger partial charge in [0.1, 0.15) is 0 Å². The van der Waals surface area contributed by atoms with Gasteiger partial charge in [0.15, 0.2) is 0 Å². The second-order valence-electron chi connectivity index (χ2n) is 4.70. The van der Waals surface area contributed by atoms with Gasteiger partial charge in [-0.15, -0.1) is 0 Å². The Morgan fingerprint density at radius 2 is 2.05 bits per heavy atom. The molecular formula is C16H19NO3. The van der Waals surface area contributed by atoms with Gasteiger partial charge in [0.05, 0.1) is 18.6 Å². The number of aliphatic hydroxyl groups is 1. The largest absolute Gasteiger partial charge is 0.472 e. The van der Waals surface area contributed by atoms with Crippen molar-refractivity contribution in [3.05, 3.63) is 60.1 Å². The number of carbonyl (C=O) groups is 1. The fourth-order valence-electron chi connectivity index (χ4n) is 1.97. The Balaban J connectivity index is 1.63. The number of aryl methyl sites for hydroxylation is 1. The number of rotatable bonds is 7. The molecule has 1 unspecified atom stereocenters. The molecule has 1 heterocycles. The number of hydrogen-bond donors (Lipinski definition) is 2. The smallest absolute Gasteiger partial charge is 0.220 e. The maximum Gasteiger partial charge on any atom is 0.220 e. The maximum absolute atomic E-state index is 11.7. The van der Waals surface area contributed by atoms with Crippen molar-refractivity contribution in [2.24, 2.45) is 0 Å². The first-order chi connectivity index (χ1) is 9.75. The van der Waals surface area contributed by atoms with Crippen LogP contribution in [0.3, 0.4) is 0 Å². The Labute approximate surface area is 118 Å². The summed E-state index contributed by atoms with van der Waals surface area (Å²) < 4.78 is 4.90. The van der Waals surface area contributed by atoms with E-state index in [1.165, 1.54) is 12.5 Å². The number of hydrogen-bond acceptors (Lipinski definition) is 3. The van der Waals surface area contributed by atoms with Gasteiger partial charge in [-0.2, -0.15) is 0 Å². The van der Waals surface area contributed by atoms with Crippen LogP contribution in [0.5, 0.6) is 0 Å². The van der Waals surface area contributed by atoms with Crippen LogP contribution >= 0.6 is 0 Å². The van der Waals surface area contributed by atoms with Gasteiger partial charge in [-0.05, 0) is 24.5 Å². The lowest BCUT2D eigenvalue weighted by Crippen LogP contribution is -2.25. The van der Waals surface area contributed by atoms with Crippen LogP contribution in [0.25, 0.3) is 0 Å². The lowest BCUT2D eigenvalue weighted by molar-refractivity contribution is -0.121. The summed E-state index contributed by atoms with van der Waals surface area (Å²) in [4.78, 5) is 11.7. The molecule has 4 nitrogen and oxygen atoms in total. The van der Waals surface area contributed by atoms with Crippen molar-refractivity contribution in [3.63, 3.8) is 0 Å². The Kier molecular flexibility index (Phi) is 5.38. The molecule has 0 saturated heterocycles. The van der Waals surface area contributed by atoms with E-state index in [2.05, 4.69) is 5.32 Å². The average molecular weight is 273 g/mol. The van der Waals surface area contributed by atoms with E-state index in [1.807, 2.05) is 30.3 Å². The number of aliphatic hydroxyl groups excluding tert-OH is 1. The molecule has 0 fully saturated rings. The summed E-state index contributed by atoms with van der Waals surface area (Å²) in [5.41, 5.74) is 1.89. The van der Waals surface area contributed by atoms with Crippen LogP contribution in [-0.2, 0) is 11.2 Å². The number of furan rings is 1. The van der Waals surface area contributed by atoms with Gasteiger partial charge in [-0.1, -0.05) is 30.3 Å². The SMILES string of the molecule is O=C(CCc1ccccc1)NCCC(O)c1ccoc1. The molecule has 2 N–H and O–H groups in total. The zero-order chi connectivity index (χ0) is 14.2. The van der Waals surface area contributed by atoms with Crippen molar-refractivity contribution < 1.29 is 14.3 Å². The predicted octanol–water partition coefficient (Wildman–Crippen LogP) is 2.45. The van der Waals surface area contributed by atoms with Crippen molar-refractivity contribution in [1.29, 1.82) is 0 Å². The lowest BCUT2D eigenvalue weighted by Gasteiger charge is -2.09. The molecule has 0 saturated carbocycles. The number of carbonyl (C=O) groups excluding carboxylic acids is 1. The monoisotopic (exact) mass is 273 g/mol. The third kappa shape index (κ3) is 4.55. The first kappa shape index (κ1) is 14.3. The van der Waals surface area contributed by atoms with Crippen LogP contribution in [0.1, 0.15) is 30.1 Å². The standard InChI is InChI=1S/C16H19NO3/c18-15(14-9-11-20-12-14)8-10-17-16(19)7-6-13-4-2-1-3-5-13/h1-5,9,11-12,15,18H,6-8,10H2,(H,17,19). The summed E-state index contributed by atoms with van der Waals surface area (Å²) >= 11 is 0. The van der Waals surface area contributed by atoms with Gasteiger partial charge in [0.25, 0.3) is 0 Å². The topological polar surface area (TPSA) is 62.5 Å². The molecule has 0 bridgehead atoms. The summed E-state index contributed by atoms with van der Waals surface area (Å²) in [7, 11) is 0. The fraction of sp³-hybridized carbons (Fsp3) is 0.312. The third-order valence-electron chi connectivity index (χ3n) is 3.15. The first-order valence-electron chi connectivity index (χ1n) is 6.76. The van der Waals surface area contributed by atoms with E-state index in [0.717, 1.165) is 17.5 Å². The van der Waals surface area contributed by atoms with E-state index < -0.39 is 6.10 Å². The summed E-state index contributed by atoms with van der Waals surface area (Å²) in [6, 6.07) is 11.6. The van der Waals surface area contributed by atoms with Crippen LogP contribution in [0.15, 0.2) is 53.3 Å². The Morgan fingerprint density at radius 1 is 1.25 bits per heavy atom. The van der Waals surface area contributed by atoms with Crippen LogP contribution in [0.4, 0.5) is 0 Å². The second-order valence-corrected chi connectivity index (χ2v) is 4.70. The highest BCUT2D eigenvalue weighted by Crippen LogP contribution is 2.15. The van der Waals surface area contributed by atoms with Crippen molar-refractivity contribution >= 4 is 5.91 Å². The van der Waals surface area contributed by atoms with Gasteiger partial charge in [-0.3, -0.25) is 4.79 Å². The third-order valence-corrected chi connectivity index (χ3v) is 3.15. The summed E-state index contributed by atoms with van der Waals surface area (Å²) in [6.07, 6.45) is 4.13. The minimum atomic E-state index is -0.594. The first-order valence-corrected chi connectivity index (χ1v) is 6.76. The zero-order valence-corrected chi connectivity index (χ0v) is 11.3. The Hall–Kier alpha value is -2.07. The highest BCUT2D eigenvalue weighted by atomic mass is 16.3. The van der Waals surface area contributed by atoms with Crippen LogP contribution in [0.2, 0.25) is 0 Å². The van der Waals surface area contributed by atoms with Gasteiger partial charge in [0.2, 0.25) is 5.91 Å². The molecule has 0 aliphatic rings. The molecular weight excluding hydrogens is 254 g/mol. The summed E-state index contributed by atoms with van der Waals surface area (Å²) in [6.45, 7) is 0.458. The number of nitrogens with one attached hydrogen (secondary N) is 1. The molecule has 4 heteroatoms. The Morgan fingerprint density at radius 3 is 2.75 bits per heavy atom. The minimum absolute atomic E-state index is 0.00764. The van der Waals surface area contributed by atoms with E-state index in [-0.39, 0.29) is 5.91 Å². The molecule has 1 aromatic heterocycles. The summed E-state index contributed by atoms with van der Waals surface area (Å²) in [5.74, 6) is 0.00764. The molecule has 1 aromatic carbocycles. The molecule has 2 rings (SSSR count). The van der Waals surface area contributed by atoms with E-state index >= 15 is 0 Å². The molecule has 0 spiro atoms. The molecule has 2 aromatic rings. The molecule has 0 aliphatic carbocycles. The maximum atomic E-state index is 11.7. The molecule has 20 heavy (non-hydrogen) atoms. The van der Waals surface area contributed by atoms with Crippen molar-refractivity contribution in [2.45, 2.75) is 25.4 Å². The molecule has 1 atom stereocenters. The Bertz CT molecular complexity index is 508. The predicted molar refractivity (Wildman–Crippen MR) is 76.1 cm³/mol. The van der Waals surface area contributed by atoms with E-state index in [1.54, 1.807) is 6.07 Å². The minimum Gasteiger partial charge on any atom is -0.472 e. The van der Waals surface area contributed by atoms with Crippen LogP contribution in [-0.4, -0.2) is 17.6 Å². The van der Waals surface area contributed by atoms with E-state index in [4.69, 9.17) is 4.42 Å². The van der Waals surface area contributed by atoms with Crippen LogP contribution in [0, 0.1) is 0 Å². The lowest BCUT2D eigenvalue weighted by atomic mass is 10.1. The molecule has 106 valence electrons. The summed E-state index contributed by atoms with van der Waals surface area (Å²) in [5, 5.41) is 12.6. The highest BCUT2D eigenvalue weighted by molar-refractivity contribution is 5.76. The van der Waals surface area contributed by atoms with E-state index in [0.29, 0.717) is 19.4 Å². The van der Waals surface area contributed by atoms with Gasteiger partial charge in [-0.25, -0.2) is 0 Å². The molecule has 1 amide bonds. The van der Waals surface area contributed by atoms with Crippen LogP contribution < -0.4 is 5.32 Å². The number of benzene rings is 1.